The van der Waals surface area contributed by atoms with Gasteiger partial charge in [0, 0.05) is 13.6 Å². The lowest BCUT2D eigenvalue weighted by Crippen LogP contribution is -2.16. The molecule has 0 fully saturated rings. The molecule has 0 aliphatic heterocycles. The summed E-state index contributed by atoms with van der Waals surface area (Å²) in [4.78, 5) is 7.91. The summed E-state index contributed by atoms with van der Waals surface area (Å²) in [6.07, 6.45) is 1.04. The number of benzene rings is 1. The minimum atomic E-state index is 0.0790. The zero-order valence-electron chi connectivity index (χ0n) is 13.3. The Labute approximate surface area is 131 Å². The van der Waals surface area contributed by atoms with Crippen molar-refractivity contribution in [1.29, 1.82) is 0 Å². The van der Waals surface area contributed by atoms with Gasteiger partial charge in [0.1, 0.15) is 0 Å². The molecule has 0 aliphatic carbocycles. The molecule has 3 nitrogen and oxygen atoms in total. The first kappa shape index (κ1) is 16.0. The van der Waals surface area contributed by atoms with Crippen LogP contribution in [0.3, 0.4) is 0 Å². The molecule has 2 rings (SSSR count). The summed E-state index contributed by atoms with van der Waals surface area (Å²) < 4.78 is 0. The highest BCUT2D eigenvalue weighted by Crippen LogP contribution is 2.32. The number of thiazole rings is 1. The molecule has 1 aromatic carbocycles. The van der Waals surface area contributed by atoms with Gasteiger partial charge in [-0.05, 0) is 24.8 Å². The molecular formula is C17H24N2OS. The van der Waals surface area contributed by atoms with Crippen LogP contribution in [0.1, 0.15) is 47.9 Å². The average molecular weight is 304 g/mol. The largest absolute Gasteiger partial charge is 0.391 e. The number of hydrogen-bond donors (Lipinski definition) is 1. The Morgan fingerprint density at radius 3 is 2.76 bits per heavy atom. The highest BCUT2D eigenvalue weighted by Gasteiger charge is 2.17. The summed E-state index contributed by atoms with van der Waals surface area (Å²) in [7, 11) is 2.06. The van der Waals surface area contributed by atoms with Gasteiger partial charge >= 0.3 is 0 Å². The molecular weight excluding hydrogens is 280 g/mol. The van der Waals surface area contributed by atoms with E-state index in [1.807, 2.05) is 0 Å². The predicted molar refractivity (Wildman–Crippen MR) is 90.0 cm³/mol. The number of aromatic nitrogens is 1. The number of aliphatic hydroxyl groups is 1. The van der Waals surface area contributed by atoms with Crippen molar-refractivity contribution in [2.24, 2.45) is 0 Å². The van der Waals surface area contributed by atoms with Gasteiger partial charge in [-0.1, -0.05) is 55.0 Å². The van der Waals surface area contributed by atoms with Crippen LogP contribution in [0, 0.1) is 6.92 Å². The van der Waals surface area contributed by atoms with Gasteiger partial charge in [-0.2, -0.15) is 0 Å². The maximum absolute atomic E-state index is 9.54. The lowest BCUT2D eigenvalue weighted by molar-refractivity contribution is 0.283. The summed E-state index contributed by atoms with van der Waals surface area (Å²) in [6.45, 7) is 7.34. The van der Waals surface area contributed by atoms with Crippen molar-refractivity contribution in [2.45, 2.75) is 46.3 Å². The molecule has 0 saturated carbocycles. The van der Waals surface area contributed by atoms with Crippen molar-refractivity contribution in [2.75, 3.05) is 11.9 Å². The van der Waals surface area contributed by atoms with Crippen LogP contribution in [0.2, 0.25) is 0 Å². The minimum Gasteiger partial charge on any atom is -0.391 e. The molecule has 0 aliphatic rings. The van der Waals surface area contributed by atoms with Gasteiger partial charge in [-0.25, -0.2) is 4.98 Å². The summed E-state index contributed by atoms with van der Waals surface area (Å²) in [5.41, 5.74) is 3.61. The van der Waals surface area contributed by atoms with Crippen molar-refractivity contribution in [3.05, 3.63) is 46.0 Å². The molecule has 0 amide bonds. The lowest BCUT2D eigenvalue weighted by Gasteiger charge is -2.16. The highest BCUT2D eigenvalue weighted by molar-refractivity contribution is 7.15. The smallest absolute Gasteiger partial charge is 0.185 e. The molecule has 21 heavy (non-hydrogen) atoms. The van der Waals surface area contributed by atoms with Gasteiger partial charge in [0.15, 0.2) is 5.13 Å². The van der Waals surface area contributed by atoms with Gasteiger partial charge in [0.2, 0.25) is 0 Å². The lowest BCUT2D eigenvalue weighted by atomic mass is 10.0. The summed E-state index contributed by atoms with van der Waals surface area (Å²) in [5.74, 6) is 0.393. The highest BCUT2D eigenvalue weighted by atomic mass is 32.1. The Morgan fingerprint density at radius 1 is 1.38 bits per heavy atom. The maximum Gasteiger partial charge on any atom is 0.185 e. The quantitative estimate of drug-likeness (QED) is 0.873. The molecule has 1 unspecified atom stereocenters. The Morgan fingerprint density at radius 2 is 2.14 bits per heavy atom. The first-order valence-corrected chi connectivity index (χ1v) is 8.24. The van der Waals surface area contributed by atoms with Crippen LogP contribution in [0.15, 0.2) is 24.3 Å². The van der Waals surface area contributed by atoms with Crippen molar-refractivity contribution in [3.63, 3.8) is 0 Å². The number of aliphatic hydroxyl groups excluding tert-OH is 1. The Kier molecular flexibility index (Phi) is 5.37. The van der Waals surface area contributed by atoms with Crippen LogP contribution in [-0.4, -0.2) is 17.1 Å². The SMILES string of the molecule is CCC(C)c1nc(N(C)Cc2cccc(C)c2)sc1CO. The molecule has 0 bridgehead atoms. The molecule has 1 aromatic heterocycles. The van der Waals surface area contributed by atoms with E-state index in [0.29, 0.717) is 5.92 Å². The van der Waals surface area contributed by atoms with Crippen molar-refractivity contribution in [1.82, 2.24) is 4.98 Å². The van der Waals surface area contributed by atoms with E-state index in [1.54, 1.807) is 11.3 Å². The van der Waals surface area contributed by atoms with E-state index in [-0.39, 0.29) is 6.61 Å². The topological polar surface area (TPSA) is 36.4 Å². The zero-order chi connectivity index (χ0) is 15.4. The molecule has 4 heteroatoms. The number of rotatable bonds is 6. The van der Waals surface area contributed by atoms with Crippen LogP contribution in [0.25, 0.3) is 0 Å². The van der Waals surface area contributed by atoms with Gasteiger partial charge in [0.05, 0.1) is 17.2 Å². The summed E-state index contributed by atoms with van der Waals surface area (Å²) in [5, 5.41) is 10.5. The van der Waals surface area contributed by atoms with Crippen molar-refractivity contribution in [3.8, 4) is 0 Å². The third-order valence-corrected chi connectivity index (χ3v) is 4.94. The van der Waals surface area contributed by atoms with Crippen LogP contribution >= 0.6 is 11.3 Å². The average Bonchev–Trinajstić information content (AvgIpc) is 2.90. The molecule has 0 radical (unpaired) electrons. The fourth-order valence-electron chi connectivity index (χ4n) is 2.36. The minimum absolute atomic E-state index is 0.0790. The second kappa shape index (κ2) is 7.05. The van der Waals surface area contributed by atoms with E-state index < -0.39 is 0 Å². The number of nitrogens with zero attached hydrogens (tertiary/aromatic N) is 2. The molecule has 114 valence electrons. The van der Waals surface area contributed by atoms with E-state index in [9.17, 15) is 5.11 Å². The first-order chi connectivity index (χ1) is 10.0. The van der Waals surface area contributed by atoms with Crippen LogP contribution in [0.4, 0.5) is 5.13 Å². The number of hydrogen-bond acceptors (Lipinski definition) is 4. The maximum atomic E-state index is 9.54. The van der Waals surface area contributed by atoms with E-state index in [4.69, 9.17) is 4.98 Å². The Hall–Kier alpha value is -1.39. The fourth-order valence-corrected chi connectivity index (χ4v) is 3.36. The third-order valence-electron chi connectivity index (χ3n) is 3.77. The molecule has 1 atom stereocenters. The molecule has 1 heterocycles. The molecule has 0 spiro atoms. The van der Waals surface area contributed by atoms with Gasteiger partial charge < -0.3 is 10.0 Å². The van der Waals surface area contributed by atoms with Crippen molar-refractivity contribution >= 4 is 16.5 Å². The van der Waals surface area contributed by atoms with Gasteiger partial charge in [-0.15, -0.1) is 0 Å². The normalized spacial score (nSPS) is 12.4. The van der Waals surface area contributed by atoms with Gasteiger partial charge in [0.25, 0.3) is 0 Å². The zero-order valence-corrected chi connectivity index (χ0v) is 14.1. The second-order valence-corrected chi connectivity index (χ2v) is 6.68. The van der Waals surface area contributed by atoms with Gasteiger partial charge in [-0.3, -0.25) is 0 Å². The van der Waals surface area contributed by atoms with Crippen molar-refractivity contribution < 1.29 is 5.11 Å². The second-order valence-electron chi connectivity index (χ2n) is 5.62. The number of aryl methyl sites for hydroxylation is 1. The summed E-state index contributed by atoms with van der Waals surface area (Å²) in [6, 6.07) is 8.54. The Balaban J connectivity index is 2.19. The van der Waals surface area contributed by atoms with E-state index in [1.165, 1.54) is 11.1 Å². The van der Waals surface area contributed by atoms with E-state index >= 15 is 0 Å². The van der Waals surface area contributed by atoms with Crippen LogP contribution in [-0.2, 0) is 13.2 Å². The van der Waals surface area contributed by atoms with Crippen LogP contribution in [0.5, 0.6) is 0 Å². The fraction of sp³-hybridized carbons (Fsp3) is 0.471. The monoisotopic (exact) mass is 304 g/mol. The predicted octanol–water partition coefficient (Wildman–Crippen LogP) is 4.09. The molecule has 0 saturated heterocycles. The van der Waals surface area contributed by atoms with Crippen LogP contribution < -0.4 is 4.90 Å². The Bertz CT molecular complexity index is 594. The number of anilines is 1. The van der Waals surface area contributed by atoms with E-state index in [2.05, 4.69) is 57.0 Å². The molecule has 2 aromatic rings. The first-order valence-electron chi connectivity index (χ1n) is 7.42. The standard InChI is InChI=1S/C17H24N2OS/c1-5-13(3)16-15(11-20)21-17(18-16)19(4)10-14-8-6-7-12(2)9-14/h6-9,13,20H,5,10-11H2,1-4H3. The van der Waals surface area contributed by atoms with E-state index in [0.717, 1.165) is 28.7 Å². The summed E-state index contributed by atoms with van der Waals surface area (Å²) >= 11 is 1.60. The molecule has 1 N–H and O–H groups in total. The third kappa shape index (κ3) is 3.83.